The summed E-state index contributed by atoms with van der Waals surface area (Å²) in [4.78, 5) is 2.31. The van der Waals surface area contributed by atoms with Gasteiger partial charge in [0.25, 0.3) is 0 Å². The van der Waals surface area contributed by atoms with Crippen LogP contribution in [0.25, 0.3) is 0 Å². The zero-order chi connectivity index (χ0) is 14.7. The average molecular weight is 289 g/mol. The van der Waals surface area contributed by atoms with E-state index in [2.05, 4.69) is 43.1 Å². The monoisotopic (exact) mass is 288 g/mol. The van der Waals surface area contributed by atoms with Gasteiger partial charge in [-0.05, 0) is 55.8 Å². The first-order valence-electron chi connectivity index (χ1n) is 6.78. The smallest absolute Gasteiger partial charge is 0.0406 e. The SMILES string of the molecule is Cc1cc(CN(C)C(C)c2ccc(Cl)cc2)ccc1N. The minimum atomic E-state index is 0.338. The van der Waals surface area contributed by atoms with Crippen LogP contribution in [-0.2, 0) is 6.54 Å². The number of nitrogen functional groups attached to an aromatic ring is 1. The second-order valence-corrected chi connectivity index (χ2v) is 5.77. The Balaban J connectivity index is 2.08. The normalized spacial score (nSPS) is 12.7. The summed E-state index contributed by atoms with van der Waals surface area (Å²) in [6.07, 6.45) is 0. The lowest BCUT2D eigenvalue weighted by Crippen LogP contribution is -2.22. The first-order valence-corrected chi connectivity index (χ1v) is 7.16. The lowest BCUT2D eigenvalue weighted by molar-refractivity contribution is 0.253. The molecule has 0 aliphatic rings. The van der Waals surface area contributed by atoms with Crippen LogP contribution in [0.15, 0.2) is 42.5 Å². The van der Waals surface area contributed by atoms with Crippen molar-refractivity contribution >= 4 is 17.3 Å². The number of hydrogen-bond acceptors (Lipinski definition) is 2. The van der Waals surface area contributed by atoms with Crippen molar-refractivity contribution in [2.75, 3.05) is 12.8 Å². The average Bonchev–Trinajstić information content (AvgIpc) is 2.43. The minimum absolute atomic E-state index is 0.338. The molecule has 2 N–H and O–H groups in total. The molecule has 0 heterocycles. The number of halogens is 1. The molecular weight excluding hydrogens is 268 g/mol. The van der Waals surface area contributed by atoms with Crippen molar-refractivity contribution in [1.29, 1.82) is 0 Å². The zero-order valence-electron chi connectivity index (χ0n) is 12.2. The maximum Gasteiger partial charge on any atom is 0.0406 e. The third-order valence-corrected chi connectivity index (χ3v) is 4.03. The molecule has 0 spiro atoms. The van der Waals surface area contributed by atoms with Crippen LogP contribution in [0.3, 0.4) is 0 Å². The molecular formula is C17H21ClN2. The molecule has 0 bridgehead atoms. The summed E-state index contributed by atoms with van der Waals surface area (Å²) in [6, 6.07) is 14.6. The molecule has 0 saturated heterocycles. The van der Waals surface area contributed by atoms with Crippen molar-refractivity contribution in [3.63, 3.8) is 0 Å². The van der Waals surface area contributed by atoms with Gasteiger partial charge in [-0.2, -0.15) is 0 Å². The van der Waals surface area contributed by atoms with E-state index in [0.717, 1.165) is 22.8 Å². The lowest BCUT2D eigenvalue weighted by atomic mass is 10.1. The summed E-state index contributed by atoms with van der Waals surface area (Å²) in [5, 5.41) is 0.776. The Hall–Kier alpha value is -1.51. The molecule has 2 aromatic carbocycles. The van der Waals surface area contributed by atoms with E-state index in [-0.39, 0.29) is 0 Å². The molecule has 2 rings (SSSR count). The number of benzene rings is 2. The molecule has 106 valence electrons. The predicted octanol–water partition coefficient (Wildman–Crippen LogP) is 4.42. The van der Waals surface area contributed by atoms with Crippen molar-refractivity contribution in [3.05, 3.63) is 64.2 Å². The van der Waals surface area contributed by atoms with Crippen LogP contribution in [0.4, 0.5) is 5.69 Å². The molecule has 2 aromatic rings. The highest BCUT2D eigenvalue weighted by Gasteiger charge is 2.12. The molecule has 0 saturated carbocycles. The van der Waals surface area contributed by atoms with Gasteiger partial charge in [0.2, 0.25) is 0 Å². The number of aryl methyl sites for hydroxylation is 1. The van der Waals surface area contributed by atoms with Gasteiger partial charge in [-0.15, -0.1) is 0 Å². The van der Waals surface area contributed by atoms with Crippen molar-refractivity contribution in [1.82, 2.24) is 4.90 Å². The standard InChI is InChI=1S/C17H21ClN2/c1-12-10-14(4-9-17(12)19)11-20(3)13(2)15-5-7-16(18)8-6-15/h4-10,13H,11,19H2,1-3H3. The molecule has 2 nitrogen and oxygen atoms in total. The maximum atomic E-state index is 5.93. The van der Waals surface area contributed by atoms with Gasteiger partial charge in [-0.25, -0.2) is 0 Å². The van der Waals surface area contributed by atoms with Crippen molar-refractivity contribution < 1.29 is 0 Å². The Labute approximate surface area is 126 Å². The van der Waals surface area contributed by atoms with E-state index < -0.39 is 0 Å². The molecule has 0 radical (unpaired) electrons. The zero-order valence-corrected chi connectivity index (χ0v) is 13.0. The van der Waals surface area contributed by atoms with Crippen molar-refractivity contribution in [2.24, 2.45) is 0 Å². The van der Waals surface area contributed by atoms with Crippen molar-refractivity contribution in [3.8, 4) is 0 Å². The Morgan fingerprint density at radius 2 is 1.80 bits per heavy atom. The fourth-order valence-electron chi connectivity index (χ4n) is 2.26. The molecule has 0 fully saturated rings. The molecule has 0 amide bonds. The molecule has 0 aliphatic heterocycles. The van der Waals surface area contributed by atoms with Crippen LogP contribution in [-0.4, -0.2) is 11.9 Å². The highest BCUT2D eigenvalue weighted by molar-refractivity contribution is 6.30. The van der Waals surface area contributed by atoms with Crippen LogP contribution < -0.4 is 5.73 Å². The number of nitrogens with two attached hydrogens (primary N) is 1. The van der Waals surface area contributed by atoms with E-state index in [9.17, 15) is 0 Å². The number of nitrogens with zero attached hydrogens (tertiary/aromatic N) is 1. The Bertz CT molecular complexity index is 578. The van der Waals surface area contributed by atoms with E-state index in [1.807, 2.05) is 25.1 Å². The van der Waals surface area contributed by atoms with Gasteiger partial charge >= 0.3 is 0 Å². The van der Waals surface area contributed by atoms with Crippen LogP contribution in [0.1, 0.15) is 29.7 Å². The second-order valence-electron chi connectivity index (χ2n) is 5.33. The molecule has 1 atom stereocenters. The largest absolute Gasteiger partial charge is 0.399 e. The maximum absolute atomic E-state index is 5.93. The molecule has 0 aromatic heterocycles. The Morgan fingerprint density at radius 3 is 2.40 bits per heavy atom. The fourth-order valence-corrected chi connectivity index (χ4v) is 2.38. The highest BCUT2D eigenvalue weighted by Crippen LogP contribution is 2.23. The third-order valence-electron chi connectivity index (χ3n) is 3.78. The van der Waals surface area contributed by atoms with Crippen LogP contribution in [0, 0.1) is 6.92 Å². The van der Waals surface area contributed by atoms with Crippen LogP contribution in [0.2, 0.25) is 5.02 Å². The first-order chi connectivity index (χ1) is 9.47. The number of anilines is 1. The topological polar surface area (TPSA) is 29.3 Å². The van der Waals surface area contributed by atoms with Gasteiger partial charge in [0, 0.05) is 23.3 Å². The van der Waals surface area contributed by atoms with Gasteiger partial charge in [0.05, 0.1) is 0 Å². The van der Waals surface area contributed by atoms with Crippen LogP contribution >= 0.6 is 11.6 Å². The summed E-state index contributed by atoms with van der Waals surface area (Å²) < 4.78 is 0. The fraction of sp³-hybridized carbons (Fsp3) is 0.294. The van der Waals surface area contributed by atoms with E-state index in [4.69, 9.17) is 17.3 Å². The van der Waals surface area contributed by atoms with Gasteiger partial charge in [-0.3, -0.25) is 4.90 Å². The van der Waals surface area contributed by atoms with E-state index in [1.165, 1.54) is 11.1 Å². The van der Waals surface area contributed by atoms with Crippen molar-refractivity contribution in [2.45, 2.75) is 26.4 Å². The van der Waals surface area contributed by atoms with Gasteiger partial charge < -0.3 is 5.73 Å². The van der Waals surface area contributed by atoms with E-state index >= 15 is 0 Å². The molecule has 1 unspecified atom stereocenters. The summed E-state index contributed by atoms with van der Waals surface area (Å²) in [6.45, 7) is 5.14. The minimum Gasteiger partial charge on any atom is -0.399 e. The quantitative estimate of drug-likeness (QED) is 0.844. The highest BCUT2D eigenvalue weighted by atomic mass is 35.5. The van der Waals surface area contributed by atoms with Crippen LogP contribution in [0.5, 0.6) is 0 Å². The van der Waals surface area contributed by atoms with Gasteiger partial charge in [-0.1, -0.05) is 35.9 Å². The van der Waals surface area contributed by atoms with Gasteiger partial charge in [0.15, 0.2) is 0 Å². The number of rotatable bonds is 4. The molecule has 20 heavy (non-hydrogen) atoms. The van der Waals surface area contributed by atoms with Gasteiger partial charge in [0.1, 0.15) is 0 Å². The summed E-state index contributed by atoms with van der Waals surface area (Å²) in [5.74, 6) is 0. The Kier molecular flexibility index (Phi) is 4.69. The second kappa shape index (κ2) is 6.29. The third kappa shape index (κ3) is 3.53. The molecule has 3 heteroatoms. The first kappa shape index (κ1) is 14.9. The number of hydrogen-bond donors (Lipinski definition) is 1. The lowest BCUT2D eigenvalue weighted by Gasteiger charge is -2.25. The van der Waals surface area contributed by atoms with E-state index in [0.29, 0.717) is 6.04 Å². The predicted molar refractivity (Wildman–Crippen MR) is 86.9 cm³/mol. The summed E-state index contributed by atoms with van der Waals surface area (Å²) in [7, 11) is 2.13. The molecule has 0 aliphatic carbocycles. The summed E-state index contributed by atoms with van der Waals surface area (Å²) >= 11 is 5.93. The summed E-state index contributed by atoms with van der Waals surface area (Å²) in [5.41, 5.74) is 10.4. The van der Waals surface area contributed by atoms with E-state index in [1.54, 1.807) is 0 Å². The Morgan fingerprint density at radius 1 is 1.15 bits per heavy atom.